The Hall–Kier alpha value is -2.34. The van der Waals surface area contributed by atoms with Crippen LogP contribution in [0.1, 0.15) is 6.92 Å². The average molecular weight is 293 g/mol. The molecule has 6 nitrogen and oxygen atoms in total. The van der Waals surface area contributed by atoms with E-state index in [0.717, 1.165) is 0 Å². The Morgan fingerprint density at radius 3 is 3.10 bits per heavy atom. The predicted octanol–water partition coefficient (Wildman–Crippen LogP) is 2.21. The number of esters is 1. The minimum Gasteiger partial charge on any atom is -0.463 e. The second-order valence-electron chi connectivity index (χ2n) is 3.83. The number of rotatable bonds is 4. The minimum atomic E-state index is -0.451. The first-order valence-corrected chi connectivity index (χ1v) is 6.29. The van der Waals surface area contributed by atoms with Gasteiger partial charge in [-0.15, -0.1) is 0 Å². The number of carbonyl (C=O) groups excluding carboxylic acids is 1. The molecule has 0 aliphatic heterocycles. The van der Waals surface area contributed by atoms with Gasteiger partial charge in [-0.3, -0.25) is 0 Å². The molecule has 104 valence electrons. The molecule has 0 spiro atoms. The zero-order valence-corrected chi connectivity index (χ0v) is 11.5. The van der Waals surface area contributed by atoms with Crippen molar-refractivity contribution in [3.05, 3.63) is 35.6 Å². The molecule has 2 aromatic rings. The highest BCUT2D eigenvalue weighted by Gasteiger charge is 2.10. The van der Waals surface area contributed by atoms with E-state index in [1.54, 1.807) is 25.1 Å². The number of ether oxygens (including phenoxy) is 1. The van der Waals surface area contributed by atoms with Crippen LogP contribution in [0.25, 0.3) is 17.6 Å². The van der Waals surface area contributed by atoms with Gasteiger partial charge in [-0.05, 0) is 25.1 Å². The zero-order chi connectivity index (χ0) is 14.5. The molecule has 0 aliphatic carbocycles. The fourth-order valence-corrected chi connectivity index (χ4v) is 1.77. The fourth-order valence-electron chi connectivity index (χ4n) is 1.60. The third kappa shape index (κ3) is 3.16. The van der Waals surface area contributed by atoms with Crippen LogP contribution in [0.3, 0.4) is 0 Å². The van der Waals surface area contributed by atoms with E-state index in [9.17, 15) is 4.79 Å². The van der Waals surface area contributed by atoms with Crippen LogP contribution in [0.5, 0.6) is 0 Å². The number of carbonyl (C=O) groups is 1. The fraction of sp³-hybridized carbons (Fsp3) is 0.154. The first kappa shape index (κ1) is 14.1. The summed E-state index contributed by atoms with van der Waals surface area (Å²) in [6.07, 6.45) is 4.09. The van der Waals surface area contributed by atoms with Crippen LogP contribution < -0.4 is 5.73 Å². The summed E-state index contributed by atoms with van der Waals surface area (Å²) in [4.78, 5) is 15.4. The van der Waals surface area contributed by atoms with Gasteiger partial charge in [-0.2, -0.15) is 5.10 Å². The van der Waals surface area contributed by atoms with E-state index in [0.29, 0.717) is 28.7 Å². The number of nitrogens with two attached hydrogens (primary N) is 1. The van der Waals surface area contributed by atoms with Crippen molar-refractivity contribution in [3.8, 4) is 11.4 Å². The summed E-state index contributed by atoms with van der Waals surface area (Å²) in [5.74, 6) is 0.0403. The Morgan fingerprint density at radius 1 is 1.55 bits per heavy atom. The van der Waals surface area contributed by atoms with E-state index < -0.39 is 5.97 Å². The Bertz CT molecular complexity index is 652. The largest absolute Gasteiger partial charge is 0.463 e. The van der Waals surface area contributed by atoms with E-state index in [1.807, 2.05) is 0 Å². The summed E-state index contributed by atoms with van der Waals surface area (Å²) in [6, 6.07) is 5.07. The van der Waals surface area contributed by atoms with Crippen molar-refractivity contribution in [1.29, 1.82) is 0 Å². The van der Waals surface area contributed by atoms with Crippen LogP contribution in [0, 0.1) is 0 Å². The Morgan fingerprint density at radius 2 is 2.35 bits per heavy atom. The summed E-state index contributed by atoms with van der Waals surface area (Å²) in [6.45, 7) is 2.05. The van der Waals surface area contributed by atoms with Crippen LogP contribution in [0.2, 0.25) is 5.02 Å². The average Bonchev–Trinajstić information content (AvgIpc) is 2.88. The maximum absolute atomic E-state index is 11.3. The quantitative estimate of drug-likeness (QED) is 0.531. The first-order valence-electron chi connectivity index (χ1n) is 5.91. The molecule has 2 rings (SSSR count). The number of hydrogen-bond acceptors (Lipinski definition) is 5. The second kappa shape index (κ2) is 6.21. The molecule has 0 saturated carbocycles. The van der Waals surface area contributed by atoms with Crippen molar-refractivity contribution in [1.82, 2.24) is 14.8 Å². The van der Waals surface area contributed by atoms with Crippen molar-refractivity contribution in [3.63, 3.8) is 0 Å². The van der Waals surface area contributed by atoms with E-state index >= 15 is 0 Å². The molecule has 0 saturated heterocycles. The molecule has 0 atom stereocenters. The van der Waals surface area contributed by atoms with Crippen LogP contribution in [-0.2, 0) is 9.53 Å². The highest BCUT2D eigenvalue weighted by Crippen LogP contribution is 2.27. The van der Waals surface area contributed by atoms with E-state index in [2.05, 4.69) is 10.1 Å². The lowest BCUT2D eigenvalue weighted by molar-refractivity contribution is -0.137. The van der Waals surface area contributed by atoms with E-state index in [4.69, 9.17) is 22.1 Å². The second-order valence-corrected chi connectivity index (χ2v) is 4.26. The molecule has 0 fully saturated rings. The standard InChI is InChI=1S/C13H13ClN4O2/c1-2-20-12(19)5-6-18-13(16-8-17-18)10-7-9(14)3-4-11(10)15/h3-8H,2,15H2,1H3/b6-5+. The van der Waals surface area contributed by atoms with E-state index in [-0.39, 0.29) is 0 Å². The maximum Gasteiger partial charge on any atom is 0.332 e. The number of aromatic nitrogens is 3. The lowest BCUT2D eigenvalue weighted by atomic mass is 10.1. The lowest BCUT2D eigenvalue weighted by Crippen LogP contribution is -2.02. The topological polar surface area (TPSA) is 83.0 Å². The van der Waals surface area contributed by atoms with Gasteiger partial charge in [0.05, 0.1) is 6.61 Å². The first-order chi connectivity index (χ1) is 9.61. The molecule has 0 amide bonds. The van der Waals surface area contributed by atoms with Crippen molar-refractivity contribution in [2.75, 3.05) is 12.3 Å². The van der Waals surface area contributed by atoms with Gasteiger partial charge in [0.2, 0.25) is 0 Å². The monoisotopic (exact) mass is 292 g/mol. The summed E-state index contributed by atoms with van der Waals surface area (Å²) in [7, 11) is 0. The summed E-state index contributed by atoms with van der Waals surface area (Å²) in [5.41, 5.74) is 7.06. The highest BCUT2D eigenvalue weighted by atomic mass is 35.5. The molecule has 0 radical (unpaired) electrons. The molecule has 7 heteroatoms. The van der Waals surface area contributed by atoms with Gasteiger partial charge in [0.25, 0.3) is 0 Å². The number of halogens is 1. The predicted molar refractivity (Wildman–Crippen MR) is 76.8 cm³/mol. The summed E-state index contributed by atoms with van der Waals surface area (Å²) < 4.78 is 6.23. The number of nitrogens with zero attached hydrogens (tertiary/aromatic N) is 3. The van der Waals surface area contributed by atoms with Crippen LogP contribution in [0.4, 0.5) is 5.69 Å². The molecule has 2 N–H and O–H groups in total. The van der Waals surface area contributed by atoms with Crippen molar-refractivity contribution < 1.29 is 9.53 Å². The van der Waals surface area contributed by atoms with Gasteiger partial charge in [0.1, 0.15) is 6.33 Å². The van der Waals surface area contributed by atoms with Gasteiger partial charge >= 0.3 is 5.97 Å². The molecular weight excluding hydrogens is 280 g/mol. The smallest absolute Gasteiger partial charge is 0.332 e. The molecule has 0 aliphatic rings. The van der Waals surface area contributed by atoms with Crippen LogP contribution >= 0.6 is 11.6 Å². The summed E-state index contributed by atoms with van der Waals surface area (Å²) in [5, 5.41) is 4.55. The number of benzene rings is 1. The number of hydrogen-bond donors (Lipinski definition) is 1. The molecular formula is C13H13ClN4O2. The molecule has 1 aromatic carbocycles. The van der Waals surface area contributed by atoms with Crippen molar-refractivity contribution in [2.45, 2.75) is 6.92 Å². The summed E-state index contributed by atoms with van der Waals surface area (Å²) >= 11 is 5.95. The maximum atomic E-state index is 11.3. The minimum absolute atomic E-state index is 0.314. The molecule has 20 heavy (non-hydrogen) atoms. The molecule has 1 heterocycles. The van der Waals surface area contributed by atoms with Gasteiger partial charge in [-0.1, -0.05) is 11.6 Å². The van der Waals surface area contributed by atoms with Gasteiger partial charge in [0, 0.05) is 28.5 Å². The van der Waals surface area contributed by atoms with E-state index in [1.165, 1.54) is 23.3 Å². The molecule has 0 unspecified atom stereocenters. The van der Waals surface area contributed by atoms with Crippen molar-refractivity contribution in [2.24, 2.45) is 0 Å². The van der Waals surface area contributed by atoms with Crippen molar-refractivity contribution >= 4 is 29.5 Å². The van der Waals surface area contributed by atoms with Gasteiger partial charge in [0.15, 0.2) is 5.82 Å². The molecule has 1 aromatic heterocycles. The number of anilines is 1. The third-order valence-corrected chi connectivity index (χ3v) is 2.70. The van der Waals surface area contributed by atoms with Crippen LogP contribution in [0.15, 0.2) is 30.6 Å². The zero-order valence-electron chi connectivity index (χ0n) is 10.8. The molecule has 0 bridgehead atoms. The highest BCUT2D eigenvalue weighted by molar-refractivity contribution is 6.31. The SMILES string of the molecule is CCOC(=O)/C=C/n1ncnc1-c1cc(Cl)ccc1N. The number of nitrogen functional groups attached to an aromatic ring is 1. The van der Waals surface area contributed by atoms with Gasteiger partial charge in [-0.25, -0.2) is 14.5 Å². The van der Waals surface area contributed by atoms with Crippen LogP contribution in [-0.4, -0.2) is 27.3 Å². The van der Waals surface area contributed by atoms with Gasteiger partial charge < -0.3 is 10.5 Å². The third-order valence-electron chi connectivity index (χ3n) is 2.47. The normalized spacial score (nSPS) is 10.9. The Balaban J connectivity index is 2.33. The Kier molecular flexibility index (Phi) is 4.37. The lowest BCUT2D eigenvalue weighted by Gasteiger charge is -2.05. The Labute approximate surface area is 120 Å².